The van der Waals surface area contributed by atoms with Gasteiger partial charge >= 0.3 is 11.9 Å². The van der Waals surface area contributed by atoms with Crippen molar-refractivity contribution in [3.8, 4) is 0 Å². The molecule has 2 unspecified atom stereocenters. The van der Waals surface area contributed by atoms with E-state index in [4.69, 9.17) is 18.5 Å². The fourth-order valence-corrected chi connectivity index (χ4v) is 9.89. The maximum Gasteiger partial charge on any atom is 0.306 e. The maximum absolute atomic E-state index is 12.9. The van der Waals surface area contributed by atoms with Crippen LogP contribution in [0.2, 0.25) is 0 Å². The number of carbonyl (C=O) groups excluding carboxylic acids is 2. The van der Waals surface area contributed by atoms with Crippen molar-refractivity contribution in [2.75, 3.05) is 47.5 Å². The Hall–Kier alpha value is -5.15. The smallest absolute Gasteiger partial charge is 0.306 e. The third-order valence-electron chi connectivity index (χ3n) is 14.6. The number of phosphoric ester groups is 1. The number of quaternary nitrogens is 1. The van der Waals surface area contributed by atoms with E-state index in [1.165, 1.54) is 51.4 Å². The molecule has 92 heavy (non-hydrogen) atoms. The summed E-state index contributed by atoms with van der Waals surface area (Å²) in [6.07, 6.45) is 109. The molecule has 0 aliphatic rings. The monoisotopic (exact) mass is 1290 g/mol. The molecule has 0 aromatic rings. The molecule has 0 aromatic heterocycles. The fraction of sp³-hybridized carbons (Fsp3) is 0.585. The zero-order valence-electron chi connectivity index (χ0n) is 58.9. The van der Waals surface area contributed by atoms with E-state index in [0.29, 0.717) is 23.9 Å². The quantitative estimate of drug-likeness (QED) is 0.0195. The van der Waals surface area contributed by atoms with E-state index in [-0.39, 0.29) is 26.1 Å². The molecule has 0 aliphatic carbocycles. The second-order valence-electron chi connectivity index (χ2n) is 24.5. The topological polar surface area (TPSA) is 111 Å². The molecule has 0 rings (SSSR count). The van der Waals surface area contributed by atoms with Crippen molar-refractivity contribution < 1.29 is 42.1 Å². The van der Waals surface area contributed by atoms with Crippen molar-refractivity contribution in [1.29, 1.82) is 0 Å². The van der Waals surface area contributed by atoms with E-state index in [0.717, 1.165) is 167 Å². The summed E-state index contributed by atoms with van der Waals surface area (Å²) < 4.78 is 34.3. The van der Waals surface area contributed by atoms with Crippen LogP contribution < -0.4 is 4.89 Å². The van der Waals surface area contributed by atoms with Gasteiger partial charge < -0.3 is 27.9 Å². The van der Waals surface area contributed by atoms with E-state index in [1.807, 2.05) is 21.1 Å². The number of phosphoric acid groups is 1. The molecular formula is C82H132NO8P. The van der Waals surface area contributed by atoms with Gasteiger partial charge in [-0.05, 0) is 141 Å². The first-order chi connectivity index (χ1) is 45.0. The number of ether oxygens (including phenoxy) is 2. The molecule has 0 heterocycles. The molecular weight excluding hydrogens is 1160 g/mol. The number of likely N-dealkylation sites (N-methyl/N-ethyl adjacent to an activating group) is 1. The Morgan fingerprint density at radius 3 is 0.870 bits per heavy atom. The Bertz CT molecular complexity index is 2260. The molecule has 0 N–H and O–H groups in total. The average Bonchev–Trinajstić information content (AvgIpc) is 2.34. The summed E-state index contributed by atoms with van der Waals surface area (Å²) >= 11 is 0. The average molecular weight is 1290 g/mol. The van der Waals surface area contributed by atoms with Crippen molar-refractivity contribution in [2.45, 2.75) is 264 Å². The highest BCUT2D eigenvalue weighted by Crippen LogP contribution is 2.38. The van der Waals surface area contributed by atoms with Crippen molar-refractivity contribution >= 4 is 19.8 Å². The number of nitrogens with zero attached hydrogens (tertiary/aromatic N) is 1. The predicted octanol–water partition coefficient (Wildman–Crippen LogP) is 23.4. The minimum atomic E-state index is -4.66. The SMILES string of the molecule is CC/C=C\C/C=C\C/C=C\C/C=C\C/C=C\C/C=C\C/C=C\C/C=C\CCCCCCCCCCCCCCC(=O)OC(COC(=O)CCCCCCCC/C=C\C/C=C\C/C=C\C/C=C\C/C=C\C/C=C\C/C=C\C/C=C\CC)COP(=O)([O-])OCC[N+](C)(C)C. The highest BCUT2D eigenvalue weighted by atomic mass is 31.2. The Labute approximate surface area is 564 Å². The van der Waals surface area contributed by atoms with Crippen molar-refractivity contribution in [2.24, 2.45) is 0 Å². The van der Waals surface area contributed by atoms with Gasteiger partial charge in [-0.25, -0.2) is 0 Å². The zero-order valence-corrected chi connectivity index (χ0v) is 59.8. The van der Waals surface area contributed by atoms with E-state index >= 15 is 0 Å². The van der Waals surface area contributed by atoms with Gasteiger partial charge in [0.2, 0.25) is 0 Å². The molecule has 0 saturated heterocycles. The van der Waals surface area contributed by atoms with Crippen LogP contribution in [0.1, 0.15) is 258 Å². The number of allylic oxidation sites excluding steroid dienone is 32. The highest BCUT2D eigenvalue weighted by Gasteiger charge is 2.22. The van der Waals surface area contributed by atoms with Crippen LogP contribution in [0, 0.1) is 0 Å². The third-order valence-corrected chi connectivity index (χ3v) is 15.6. The third kappa shape index (κ3) is 73.9. The van der Waals surface area contributed by atoms with Gasteiger partial charge in [-0.2, -0.15) is 0 Å². The zero-order chi connectivity index (χ0) is 66.9. The van der Waals surface area contributed by atoms with Crippen LogP contribution in [-0.4, -0.2) is 70.0 Å². The minimum absolute atomic E-state index is 0.0439. The van der Waals surface area contributed by atoms with Crippen LogP contribution in [-0.2, 0) is 32.7 Å². The molecule has 2 atom stereocenters. The van der Waals surface area contributed by atoms with Crippen LogP contribution >= 0.6 is 7.82 Å². The van der Waals surface area contributed by atoms with Gasteiger partial charge in [-0.1, -0.05) is 298 Å². The molecule has 9 nitrogen and oxygen atoms in total. The molecule has 0 radical (unpaired) electrons. The number of hydrogen-bond acceptors (Lipinski definition) is 8. The van der Waals surface area contributed by atoms with Gasteiger partial charge in [-0.3, -0.25) is 14.2 Å². The molecule has 0 fully saturated rings. The largest absolute Gasteiger partial charge is 0.756 e. The second-order valence-corrected chi connectivity index (χ2v) is 25.9. The van der Waals surface area contributed by atoms with Gasteiger partial charge in [-0.15, -0.1) is 0 Å². The van der Waals surface area contributed by atoms with Crippen LogP contribution in [0.3, 0.4) is 0 Å². The summed E-state index contributed by atoms with van der Waals surface area (Å²) in [6.45, 7) is 3.98. The lowest BCUT2D eigenvalue weighted by atomic mass is 10.0. The Kier molecular flexibility index (Phi) is 66.2. The summed E-state index contributed by atoms with van der Waals surface area (Å²) in [7, 11) is 1.13. The Morgan fingerprint density at radius 1 is 0.337 bits per heavy atom. The number of carbonyl (C=O) groups is 2. The van der Waals surface area contributed by atoms with Gasteiger partial charge in [0.1, 0.15) is 19.8 Å². The predicted molar refractivity (Wildman–Crippen MR) is 396 cm³/mol. The van der Waals surface area contributed by atoms with E-state index < -0.39 is 32.5 Å². The first-order valence-electron chi connectivity index (χ1n) is 36.1. The van der Waals surface area contributed by atoms with Gasteiger partial charge in [0.05, 0.1) is 27.7 Å². The Balaban J connectivity index is 4.15. The van der Waals surface area contributed by atoms with E-state index in [9.17, 15) is 19.0 Å². The first kappa shape index (κ1) is 86.9. The van der Waals surface area contributed by atoms with Gasteiger partial charge in [0.15, 0.2) is 6.10 Å². The summed E-state index contributed by atoms with van der Waals surface area (Å²) in [4.78, 5) is 38.1. The van der Waals surface area contributed by atoms with Crippen LogP contribution in [0.5, 0.6) is 0 Å². The molecule has 0 aromatic carbocycles. The molecule has 518 valence electrons. The van der Waals surface area contributed by atoms with Crippen LogP contribution in [0.25, 0.3) is 0 Å². The first-order valence-corrected chi connectivity index (χ1v) is 37.6. The normalized spacial score (nSPS) is 14.3. The Morgan fingerprint density at radius 2 is 0.587 bits per heavy atom. The molecule has 10 heteroatoms. The number of unbranched alkanes of at least 4 members (excludes halogenated alkanes) is 18. The van der Waals surface area contributed by atoms with E-state index in [1.54, 1.807) is 0 Å². The van der Waals surface area contributed by atoms with Crippen molar-refractivity contribution in [3.05, 3.63) is 194 Å². The lowest BCUT2D eigenvalue weighted by Crippen LogP contribution is -2.37. The number of esters is 2. The number of hydrogen-bond donors (Lipinski definition) is 0. The molecule has 0 amide bonds. The van der Waals surface area contributed by atoms with Crippen molar-refractivity contribution in [3.63, 3.8) is 0 Å². The standard InChI is InChI=1S/C82H132NO8P/c1-6-8-10-12-14-16-18-20-22-24-26-28-30-32-34-36-38-39-40-41-42-43-45-47-49-51-53-55-57-59-61-63-65-67-69-71-73-75-82(85)91-80(79-90-92(86,87)89-77-76-83(3,4)5)78-88-81(84)74-72-70-68-66-64-62-60-58-56-54-52-50-48-46-44-37-35-33-31-29-27-25-23-21-19-17-15-13-11-9-7-2/h8-11,14-17,20-23,26-29,32-35,38-39,41-42,44-47,50,52,56,58,80H,6-7,12-13,18-19,24-25,30-31,36-37,40,43,48-49,51,53-55,57,59-79H2,1-5H3/b10-8-,11-9-,16-14-,17-15-,22-20-,23-21-,28-26-,29-27-,34-32-,35-33-,39-38-,42-41-,46-44-,47-45-,52-50-,58-56-. The maximum atomic E-state index is 12.9. The van der Waals surface area contributed by atoms with Crippen LogP contribution in [0.4, 0.5) is 0 Å². The van der Waals surface area contributed by atoms with Gasteiger partial charge in [0.25, 0.3) is 7.82 Å². The van der Waals surface area contributed by atoms with E-state index in [2.05, 4.69) is 208 Å². The molecule has 0 bridgehead atoms. The summed E-state index contributed by atoms with van der Waals surface area (Å²) in [5.74, 6) is -0.864. The highest BCUT2D eigenvalue weighted by molar-refractivity contribution is 7.45. The second kappa shape index (κ2) is 70.2. The van der Waals surface area contributed by atoms with Crippen molar-refractivity contribution in [1.82, 2.24) is 0 Å². The molecule has 0 aliphatic heterocycles. The van der Waals surface area contributed by atoms with Gasteiger partial charge in [0, 0.05) is 12.8 Å². The lowest BCUT2D eigenvalue weighted by molar-refractivity contribution is -0.870. The summed E-state index contributed by atoms with van der Waals surface area (Å²) in [6, 6.07) is 0. The molecule has 0 spiro atoms. The minimum Gasteiger partial charge on any atom is -0.756 e. The summed E-state index contributed by atoms with van der Waals surface area (Å²) in [5.41, 5.74) is 0. The summed E-state index contributed by atoms with van der Waals surface area (Å²) in [5, 5.41) is 0. The fourth-order valence-electron chi connectivity index (χ4n) is 9.16. The number of rotatable bonds is 64. The molecule has 0 saturated carbocycles. The van der Waals surface area contributed by atoms with Crippen LogP contribution in [0.15, 0.2) is 194 Å². The lowest BCUT2D eigenvalue weighted by Gasteiger charge is -2.28.